The highest BCUT2D eigenvalue weighted by molar-refractivity contribution is 6.00. The van der Waals surface area contributed by atoms with Gasteiger partial charge < -0.3 is 15.2 Å². The summed E-state index contributed by atoms with van der Waals surface area (Å²) < 4.78 is 18.0. The lowest BCUT2D eigenvalue weighted by Gasteiger charge is -2.01. The van der Waals surface area contributed by atoms with Crippen LogP contribution >= 0.6 is 0 Å². The molecule has 3 heterocycles. The second-order valence-corrected chi connectivity index (χ2v) is 4.40. The van der Waals surface area contributed by atoms with Crippen molar-refractivity contribution in [3.05, 3.63) is 35.9 Å². The summed E-state index contributed by atoms with van der Waals surface area (Å²) in [6, 6.07) is 4.10. The molecule has 1 unspecified atom stereocenters. The SMILES string of the molecule is O=C(Nc1cccc(F)n1)c1noc(C2CCCN2)n1. The molecule has 1 saturated heterocycles. The number of hydrogen-bond donors (Lipinski definition) is 2. The van der Waals surface area contributed by atoms with Crippen molar-refractivity contribution in [1.82, 2.24) is 20.4 Å². The first kappa shape index (κ1) is 12.7. The summed E-state index contributed by atoms with van der Waals surface area (Å²) in [4.78, 5) is 19.4. The van der Waals surface area contributed by atoms with Crippen molar-refractivity contribution in [2.45, 2.75) is 18.9 Å². The molecule has 7 nitrogen and oxygen atoms in total. The second kappa shape index (κ2) is 5.33. The average Bonchev–Trinajstić information content (AvgIpc) is 3.10. The van der Waals surface area contributed by atoms with Crippen molar-refractivity contribution >= 4 is 11.7 Å². The molecule has 3 rings (SSSR count). The van der Waals surface area contributed by atoms with E-state index in [1.165, 1.54) is 18.2 Å². The fraction of sp³-hybridized carbons (Fsp3) is 0.333. The Morgan fingerprint density at radius 2 is 2.35 bits per heavy atom. The molecule has 1 aliphatic rings. The monoisotopic (exact) mass is 277 g/mol. The van der Waals surface area contributed by atoms with Crippen molar-refractivity contribution in [3.8, 4) is 0 Å². The molecule has 1 atom stereocenters. The van der Waals surface area contributed by atoms with E-state index in [2.05, 4.69) is 25.8 Å². The standard InChI is InChI=1S/C12H12FN5O2/c13-8-4-1-5-9(15-8)16-11(19)10-17-12(20-18-10)7-3-2-6-14-7/h1,4-5,7,14H,2-3,6H2,(H,15,16,19). The largest absolute Gasteiger partial charge is 0.337 e. The summed E-state index contributed by atoms with van der Waals surface area (Å²) in [5.74, 6) is -0.872. The van der Waals surface area contributed by atoms with E-state index in [-0.39, 0.29) is 17.7 Å². The number of anilines is 1. The van der Waals surface area contributed by atoms with Crippen molar-refractivity contribution in [2.24, 2.45) is 0 Å². The third kappa shape index (κ3) is 2.64. The highest BCUT2D eigenvalue weighted by Gasteiger charge is 2.24. The van der Waals surface area contributed by atoms with E-state index in [1.54, 1.807) is 0 Å². The first-order valence-electron chi connectivity index (χ1n) is 6.23. The third-order valence-corrected chi connectivity index (χ3v) is 2.96. The fourth-order valence-corrected chi connectivity index (χ4v) is 2.01. The number of nitrogens with zero attached hydrogens (tertiary/aromatic N) is 3. The van der Waals surface area contributed by atoms with Gasteiger partial charge in [-0.1, -0.05) is 11.2 Å². The van der Waals surface area contributed by atoms with E-state index in [0.29, 0.717) is 5.89 Å². The van der Waals surface area contributed by atoms with Gasteiger partial charge in [0.15, 0.2) is 0 Å². The van der Waals surface area contributed by atoms with Crippen LogP contribution in [-0.2, 0) is 0 Å². The van der Waals surface area contributed by atoms with Gasteiger partial charge in [-0.2, -0.15) is 9.37 Å². The molecule has 2 aromatic rings. The lowest BCUT2D eigenvalue weighted by Crippen LogP contribution is -2.16. The predicted octanol–water partition coefficient (Wildman–Crippen LogP) is 1.28. The summed E-state index contributed by atoms with van der Waals surface area (Å²) >= 11 is 0. The Hall–Kier alpha value is -2.35. The van der Waals surface area contributed by atoms with Crippen LogP contribution in [0.15, 0.2) is 22.7 Å². The molecule has 0 spiro atoms. The van der Waals surface area contributed by atoms with Crippen molar-refractivity contribution in [2.75, 3.05) is 11.9 Å². The van der Waals surface area contributed by atoms with Gasteiger partial charge in [-0.25, -0.2) is 4.98 Å². The van der Waals surface area contributed by atoms with Crippen LogP contribution in [0.4, 0.5) is 10.2 Å². The zero-order valence-electron chi connectivity index (χ0n) is 10.5. The number of amides is 1. The van der Waals surface area contributed by atoms with Gasteiger partial charge in [0.25, 0.3) is 11.7 Å². The summed E-state index contributed by atoms with van der Waals surface area (Å²) in [6.07, 6.45) is 1.93. The van der Waals surface area contributed by atoms with Crippen LogP contribution in [0.2, 0.25) is 0 Å². The smallest absolute Gasteiger partial charge is 0.298 e. The molecule has 1 fully saturated rings. The highest BCUT2D eigenvalue weighted by Crippen LogP contribution is 2.21. The molecule has 2 aromatic heterocycles. The molecule has 0 aliphatic carbocycles. The predicted molar refractivity (Wildman–Crippen MR) is 66.4 cm³/mol. The first-order valence-corrected chi connectivity index (χ1v) is 6.23. The molecule has 1 aliphatic heterocycles. The van der Waals surface area contributed by atoms with Gasteiger partial charge in [0.05, 0.1) is 6.04 Å². The summed E-state index contributed by atoms with van der Waals surface area (Å²) in [5.41, 5.74) is 0. The van der Waals surface area contributed by atoms with E-state index < -0.39 is 11.9 Å². The second-order valence-electron chi connectivity index (χ2n) is 4.40. The van der Waals surface area contributed by atoms with Gasteiger partial charge >= 0.3 is 0 Å². The van der Waals surface area contributed by atoms with Crippen LogP contribution < -0.4 is 10.6 Å². The maximum Gasteiger partial charge on any atom is 0.298 e. The molecule has 0 aromatic carbocycles. The average molecular weight is 277 g/mol. The Kier molecular flexibility index (Phi) is 3.38. The van der Waals surface area contributed by atoms with E-state index in [4.69, 9.17) is 4.52 Å². The van der Waals surface area contributed by atoms with Crippen LogP contribution in [0.25, 0.3) is 0 Å². The Labute approximate surface area is 113 Å². The zero-order chi connectivity index (χ0) is 13.9. The Morgan fingerprint density at radius 3 is 3.10 bits per heavy atom. The number of carbonyl (C=O) groups excluding carboxylic acids is 1. The molecule has 104 valence electrons. The van der Waals surface area contributed by atoms with Crippen LogP contribution in [-0.4, -0.2) is 27.6 Å². The molecule has 2 N–H and O–H groups in total. The summed E-state index contributed by atoms with van der Waals surface area (Å²) in [5, 5.41) is 9.22. The number of rotatable bonds is 3. The number of aromatic nitrogens is 3. The summed E-state index contributed by atoms with van der Waals surface area (Å²) in [7, 11) is 0. The first-order chi connectivity index (χ1) is 9.72. The molecule has 8 heteroatoms. The molecular weight excluding hydrogens is 265 g/mol. The maximum atomic E-state index is 12.9. The minimum Gasteiger partial charge on any atom is -0.337 e. The summed E-state index contributed by atoms with van der Waals surface area (Å²) in [6.45, 7) is 0.891. The topological polar surface area (TPSA) is 92.9 Å². The van der Waals surface area contributed by atoms with Gasteiger partial charge in [-0.3, -0.25) is 4.79 Å². The van der Waals surface area contributed by atoms with Crippen LogP contribution in [0.1, 0.15) is 35.4 Å². The zero-order valence-corrected chi connectivity index (χ0v) is 10.5. The van der Waals surface area contributed by atoms with Crippen molar-refractivity contribution < 1.29 is 13.7 Å². The third-order valence-electron chi connectivity index (χ3n) is 2.96. The molecule has 1 amide bonds. The van der Waals surface area contributed by atoms with Crippen molar-refractivity contribution in [3.63, 3.8) is 0 Å². The Morgan fingerprint density at radius 1 is 1.45 bits per heavy atom. The van der Waals surface area contributed by atoms with Gasteiger partial charge in [0.1, 0.15) is 5.82 Å². The molecule has 20 heavy (non-hydrogen) atoms. The van der Waals surface area contributed by atoms with Gasteiger partial charge in [0, 0.05) is 0 Å². The van der Waals surface area contributed by atoms with Crippen LogP contribution in [0.5, 0.6) is 0 Å². The molecular formula is C12H12FN5O2. The molecule has 0 bridgehead atoms. The number of pyridine rings is 1. The van der Waals surface area contributed by atoms with E-state index >= 15 is 0 Å². The van der Waals surface area contributed by atoms with Gasteiger partial charge in [-0.05, 0) is 31.5 Å². The Balaban J connectivity index is 1.71. The number of carbonyl (C=O) groups is 1. The van der Waals surface area contributed by atoms with E-state index in [1.807, 2.05) is 0 Å². The minimum absolute atomic E-state index is 0.00338. The number of hydrogen-bond acceptors (Lipinski definition) is 6. The normalized spacial score (nSPS) is 18.1. The van der Waals surface area contributed by atoms with Gasteiger partial charge in [0.2, 0.25) is 11.8 Å². The van der Waals surface area contributed by atoms with Crippen LogP contribution in [0, 0.1) is 5.95 Å². The maximum absolute atomic E-state index is 12.9. The lowest BCUT2D eigenvalue weighted by molar-refractivity contribution is 0.101. The Bertz CT molecular complexity index is 624. The molecule has 0 saturated carbocycles. The van der Waals surface area contributed by atoms with Crippen molar-refractivity contribution in [1.29, 1.82) is 0 Å². The quantitative estimate of drug-likeness (QED) is 0.821. The minimum atomic E-state index is -0.674. The number of halogens is 1. The highest BCUT2D eigenvalue weighted by atomic mass is 19.1. The molecule has 0 radical (unpaired) electrons. The lowest BCUT2D eigenvalue weighted by atomic mass is 10.2. The number of nitrogens with one attached hydrogen (secondary N) is 2. The fourth-order valence-electron chi connectivity index (χ4n) is 2.01. The van der Waals surface area contributed by atoms with E-state index in [9.17, 15) is 9.18 Å². The van der Waals surface area contributed by atoms with Gasteiger partial charge in [-0.15, -0.1) is 0 Å². The van der Waals surface area contributed by atoms with Crippen LogP contribution in [0.3, 0.4) is 0 Å². The van der Waals surface area contributed by atoms with E-state index in [0.717, 1.165) is 19.4 Å².